The molecule has 0 aliphatic rings. The number of rotatable bonds is 5. The monoisotopic (exact) mass is 347 g/mol. The molecule has 0 spiro atoms. The lowest BCUT2D eigenvalue weighted by Crippen LogP contribution is -2.35. The van der Waals surface area contributed by atoms with Crippen LogP contribution in [0.2, 0.25) is 0 Å². The molecule has 0 aliphatic carbocycles. The zero-order valence-corrected chi connectivity index (χ0v) is 11.2. The van der Waals surface area contributed by atoms with Gasteiger partial charge in [0.1, 0.15) is 5.82 Å². The third kappa shape index (κ3) is 4.57. The fourth-order valence-corrected chi connectivity index (χ4v) is 1.83. The maximum Gasteiger partial charge on any atom is 0.419 e. The third-order valence-corrected chi connectivity index (χ3v) is 2.63. The molecule has 19 heavy (non-hydrogen) atoms. The molecule has 0 amide bonds. The number of anilines is 1. The van der Waals surface area contributed by atoms with Crippen molar-refractivity contribution >= 4 is 21.7 Å². The van der Waals surface area contributed by atoms with Crippen LogP contribution in [0.1, 0.15) is 5.56 Å². The molecule has 3 nitrogen and oxygen atoms in total. The van der Waals surface area contributed by atoms with Crippen LogP contribution in [0.4, 0.5) is 27.8 Å². The smallest absolute Gasteiger partial charge is 0.349 e. The van der Waals surface area contributed by atoms with E-state index in [1.807, 2.05) is 0 Å². The number of hydrogen-bond acceptors (Lipinski definition) is 3. The van der Waals surface area contributed by atoms with Crippen LogP contribution in [-0.4, -0.2) is 31.0 Å². The summed E-state index contributed by atoms with van der Waals surface area (Å²) < 4.78 is 63.5. The first-order valence-electron chi connectivity index (χ1n) is 5.21. The molecule has 1 rings (SSSR count). The van der Waals surface area contributed by atoms with E-state index in [1.54, 1.807) is 0 Å². The summed E-state index contributed by atoms with van der Waals surface area (Å²) in [4.78, 5) is 4.42. The van der Waals surface area contributed by atoms with Crippen LogP contribution >= 0.6 is 15.9 Å². The Morgan fingerprint density at radius 1 is 1.37 bits per heavy atom. The summed E-state index contributed by atoms with van der Waals surface area (Å²) in [5.41, 5.74) is 4.15. The molecule has 1 aromatic rings. The van der Waals surface area contributed by atoms with Gasteiger partial charge < -0.3 is 10.6 Å². The van der Waals surface area contributed by atoms with Crippen LogP contribution in [-0.2, 0) is 6.18 Å². The van der Waals surface area contributed by atoms with Gasteiger partial charge in [0.2, 0.25) is 0 Å². The van der Waals surface area contributed by atoms with Crippen LogP contribution in [0.5, 0.6) is 0 Å². The van der Waals surface area contributed by atoms with E-state index in [2.05, 4.69) is 20.9 Å². The van der Waals surface area contributed by atoms with Gasteiger partial charge in [-0.1, -0.05) is 0 Å². The molecule has 2 N–H and O–H groups in total. The highest BCUT2D eigenvalue weighted by Crippen LogP contribution is 2.36. The number of alkyl halides is 5. The van der Waals surface area contributed by atoms with Gasteiger partial charge in [-0.25, -0.2) is 13.8 Å². The van der Waals surface area contributed by atoms with E-state index in [1.165, 1.54) is 0 Å². The van der Waals surface area contributed by atoms with Gasteiger partial charge in [-0.15, -0.1) is 0 Å². The molecule has 0 bridgehead atoms. The first-order chi connectivity index (χ1) is 8.75. The number of nitrogens with two attached hydrogens (primary N) is 1. The van der Waals surface area contributed by atoms with Crippen LogP contribution in [0, 0.1) is 0 Å². The minimum Gasteiger partial charge on any atom is -0.349 e. The van der Waals surface area contributed by atoms with Gasteiger partial charge in [-0.05, 0) is 22.0 Å². The van der Waals surface area contributed by atoms with E-state index in [0.717, 1.165) is 17.2 Å². The normalized spacial score (nSPS) is 12.0. The van der Waals surface area contributed by atoms with E-state index in [-0.39, 0.29) is 17.6 Å². The van der Waals surface area contributed by atoms with E-state index in [0.29, 0.717) is 0 Å². The van der Waals surface area contributed by atoms with Crippen molar-refractivity contribution in [3.63, 3.8) is 0 Å². The molecule has 108 valence electrons. The Kier molecular flexibility index (Phi) is 5.48. The predicted molar refractivity (Wildman–Crippen MR) is 64.2 cm³/mol. The van der Waals surface area contributed by atoms with Crippen LogP contribution in [0.25, 0.3) is 0 Å². The molecular weight excluding hydrogens is 337 g/mol. The first kappa shape index (κ1) is 16.1. The summed E-state index contributed by atoms with van der Waals surface area (Å²) >= 11 is 2.87. The minimum absolute atomic E-state index is 0.0538. The second-order valence-electron chi connectivity index (χ2n) is 3.65. The van der Waals surface area contributed by atoms with Crippen molar-refractivity contribution in [2.45, 2.75) is 12.6 Å². The van der Waals surface area contributed by atoms with Gasteiger partial charge in [0.15, 0.2) is 0 Å². The van der Waals surface area contributed by atoms with Crippen LogP contribution in [0.15, 0.2) is 16.7 Å². The molecule has 0 fully saturated rings. The molecule has 1 heterocycles. The highest BCUT2D eigenvalue weighted by Gasteiger charge is 2.36. The molecule has 0 aromatic carbocycles. The van der Waals surface area contributed by atoms with Crippen molar-refractivity contribution in [3.05, 3.63) is 22.3 Å². The van der Waals surface area contributed by atoms with E-state index < -0.39 is 30.5 Å². The van der Waals surface area contributed by atoms with Gasteiger partial charge in [-0.2, -0.15) is 13.2 Å². The van der Waals surface area contributed by atoms with Gasteiger partial charge in [0.05, 0.1) is 12.1 Å². The van der Waals surface area contributed by atoms with Gasteiger partial charge in [0, 0.05) is 23.8 Å². The van der Waals surface area contributed by atoms with E-state index in [4.69, 9.17) is 5.73 Å². The van der Waals surface area contributed by atoms with Crippen molar-refractivity contribution in [2.24, 2.45) is 5.73 Å². The molecule has 0 aliphatic heterocycles. The molecule has 9 heteroatoms. The molecule has 0 atom stereocenters. The second kappa shape index (κ2) is 6.47. The molecule has 0 radical (unpaired) electrons. The van der Waals surface area contributed by atoms with Crippen molar-refractivity contribution in [1.29, 1.82) is 0 Å². The fraction of sp³-hybridized carbons (Fsp3) is 0.500. The first-order valence-corrected chi connectivity index (χ1v) is 6.01. The topological polar surface area (TPSA) is 42.1 Å². The lowest BCUT2D eigenvalue weighted by atomic mass is 10.2. The van der Waals surface area contributed by atoms with Crippen molar-refractivity contribution < 1.29 is 22.0 Å². The second-order valence-corrected chi connectivity index (χ2v) is 4.56. The standard InChI is InChI=1S/C10H11BrF5N3/c11-6-3-7(10(14,15)16)9(18-4-6)19(2-1-17)5-8(12)13/h3-4,8H,1-2,5,17H2. The van der Waals surface area contributed by atoms with Crippen molar-refractivity contribution in [1.82, 2.24) is 4.98 Å². The van der Waals surface area contributed by atoms with Crippen LogP contribution in [0.3, 0.4) is 0 Å². The predicted octanol–water partition coefficient (Wildman–Crippen LogP) is 2.89. The highest BCUT2D eigenvalue weighted by atomic mass is 79.9. The van der Waals surface area contributed by atoms with Crippen LogP contribution < -0.4 is 10.6 Å². The van der Waals surface area contributed by atoms with Gasteiger partial charge >= 0.3 is 6.18 Å². The Balaban J connectivity index is 3.21. The SMILES string of the molecule is NCCN(CC(F)F)c1ncc(Br)cc1C(F)(F)F. The zero-order valence-electron chi connectivity index (χ0n) is 9.59. The Labute approximate surface area is 114 Å². The molecule has 1 aromatic heterocycles. The maximum absolute atomic E-state index is 12.9. The molecule has 0 saturated heterocycles. The number of nitrogens with zero attached hydrogens (tertiary/aromatic N) is 2. The third-order valence-electron chi connectivity index (χ3n) is 2.20. The maximum atomic E-state index is 12.9. The highest BCUT2D eigenvalue weighted by molar-refractivity contribution is 9.10. The minimum atomic E-state index is -4.68. The van der Waals surface area contributed by atoms with E-state index >= 15 is 0 Å². The summed E-state index contributed by atoms with van der Waals surface area (Å²) in [6, 6.07) is 0.803. The number of halogens is 6. The average molecular weight is 348 g/mol. The summed E-state index contributed by atoms with van der Waals surface area (Å²) in [6.45, 7) is -1.04. The number of aromatic nitrogens is 1. The van der Waals surface area contributed by atoms with E-state index in [9.17, 15) is 22.0 Å². The van der Waals surface area contributed by atoms with Crippen molar-refractivity contribution in [2.75, 3.05) is 24.5 Å². The fourth-order valence-electron chi connectivity index (χ4n) is 1.50. The molecule has 0 unspecified atom stereocenters. The Morgan fingerprint density at radius 2 is 2.00 bits per heavy atom. The Morgan fingerprint density at radius 3 is 2.47 bits per heavy atom. The summed E-state index contributed by atoms with van der Waals surface area (Å²) in [5.74, 6) is -0.540. The lowest BCUT2D eigenvalue weighted by molar-refractivity contribution is -0.137. The van der Waals surface area contributed by atoms with Gasteiger partial charge in [0.25, 0.3) is 6.43 Å². The Bertz CT molecular complexity index is 424. The largest absolute Gasteiger partial charge is 0.419 e. The molecular formula is C10H11BrF5N3. The Hall–Kier alpha value is -0.960. The quantitative estimate of drug-likeness (QED) is 0.833. The summed E-state index contributed by atoms with van der Waals surface area (Å²) in [6.07, 6.45) is -6.33. The summed E-state index contributed by atoms with van der Waals surface area (Å²) in [7, 11) is 0. The lowest BCUT2D eigenvalue weighted by Gasteiger charge is -2.25. The number of hydrogen-bond donors (Lipinski definition) is 1. The van der Waals surface area contributed by atoms with Crippen molar-refractivity contribution in [3.8, 4) is 0 Å². The average Bonchev–Trinajstić information content (AvgIpc) is 2.26. The molecule has 0 saturated carbocycles. The zero-order chi connectivity index (χ0) is 14.6. The number of pyridine rings is 1. The summed E-state index contributed by atoms with van der Waals surface area (Å²) in [5, 5.41) is 0. The van der Waals surface area contributed by atoms with Gasteiger partial charge in [-0.3, -0.25) is 0 Å².